The van der Waals surface area contributed by atoms with Gasteiger partial charge in [-0.2, -0.15) is 0 Å². The van der Waals surface area contributed by atoms with Crippen LogP contribution in [0.3, 0.4) is 0 Å². The second-order valence-corrected chi connectivity index (χ2v) is 2.80. The average Bonchev–Trinajstić information content (AvgIpc) is 1.63. The monoisotopic (exact) mass is 133 g/mol. The number of hydroxylamine groups is 2. The van der Waals surface area contributed by atoms with E-state index in [9.17, 15) is 0 Å². The first-order valence-electron chi connectivity index (χ1n) is 3.21. The minimum absolute atomic E-state index is 0.162. The Bertz CT molecular complexity index is 73.5. The summed E-state index contributed by atoms with van der Waals surface area (Å²) in [5.74, 6) is 0.502. The summed E-state index contributed by atoms with van der Waals surface area (Å²) < 4.78 is 0. The van der Waals surface area contributed by atoms with E-state index in [1.54, 1.807) is 6.92 Å². The van der Waals surface area contributed by atoms with E-state index in [-0.39, 0.29) is 11.3 Å². The van der Waals surface area contributed by atoms with Gasteiger partial charge in [0.05, 0.1) is 6.04 Å². The molecule has 0 heterocycles. The Morgan fingerprint density at radius 3 is 1.78 bits per heavy atom. The maximum absolute atomic E-state index is 8.46. The number of hydrogen-bond donors (Lipinski definition) is 2. The van der Waals surface area contributed by atoms with E-state index >= 15 is 0 Å². The molecule has 0 aromatic heterocycles. The van der Waals surface area contributed by atoms with Gasteiger partial charge in [-0.3, -0.25) is 10.4 Å². The van der Waals surface area contributed by atoms with Gasteiger partial charge in [-0.05, 0) is 19.3 Å². The van der Waals surface area contributed by atoms with E-state index in [0.717, 1.165) is 6.42 Å². The van der Waals surface area contributed by atoms with Crippen molar-refractivity contribution in [1.82, 2.24) is 5.23 Å². The molecule has 56 valence electrons. The zero-order valence-corrected chi connectivity index (χ0v) is 6.20. The molecule has 0 fully saturated rings. The zero-order valence-electron chi connectivity index (χ0n) is 6.20. The maximum atomic E-state index is 8.46. The van der Waals surface area contributed by atoms with Crippen LogP contribution in [-0.2, 0) is 0 Å². The fraction of sp³-hybridized carbons (Fsp3) is 1.00. The molecule has 0 bridgehead atoms. The van der Waals surface area contributed by atoms with Crippen molar-refractivity contribution in [3.8, 4) is 0 Å². The van der Waals surface area contributed by atoms with Gasteiger partial charge in [0.1, 0.15) is 0 Å². The molecule has 0 saturated carbocycles. The summed E-state index contributed by atoms with van der Waals surface area (Å²) in [5.41, 5.74) is 0. The van der Waals surface area contributed by atoms with E-state index in [1.165, 1.54) is 0 Å². The van der Waals surface area contributed by atoms with E-state index in [4.69, 9.17) is 10.4 Å². The lowest BCUT2D eigenvalue weighted by Gasteiger charge is -2.16. The molecule has 0 spiro atoms. The van der Waals surface area contributed by atoms with Gasteiger partial charge in [-0.25, -0.2) is 0 Å². The van der Waals surface area contributed by atoms with Gasteiger partial charge in [0.2, 0.25) is 0 Å². The first kappa shape index (κ1) is 8.88. The molecule has 0 saturated heterocycles. The molecule has 9 heavy (non-hydrogen) atoms. The number of nitrogens with zero attached hydrogens (tertiary/aromatic N) is 1. The molecular formula is C6H15NO2. The lowest BCUT2D eigenvalue weighted by molar-refractivity contribution is -0.330. The summed E-state index contributed by atoms with van der Waals surface area (Å²) in [7, 11) is 0. The zero-order chi connectivity index (χ0) is 7.44. The van der Waals surface area contributed by atoms with Crippen LogP contribution in [0, 0.1) is 5.92 Å². The van der Waals surface area contributed by atoms with Crippen molar-refractivity contribution < 1.29 is 10.4 Å². The summed E-state index contributed by atoms with van der Waals surface area (Å²) in [6.45, 7) is 5.85. The van der Waals surface area contributed by atoms with Crippen LogP contribution in [0.4, 0.5) is 0 Å². The first-order chi connectivity index (χ1) is 4.04. The predicted octanol–water partition coefficient (Wildman–Crippen LogP) is 1.50. The Hall–Kier alpha value is -0.120. The van der Waals surface area contributed by atoms with Crippen molar-refractivity contribution in [2.75, 3.05) is 0 Å². The lowest BCUT2D eigenvalue weighted by atomic mass is 10.1. The van der Waals surface area contributed by atoms with Gasteiger partial charge in [-0.15, -0.1) is 0 Å². The molecule has 2 N–H and O–H groups in total. The highest BCUT2D eigenvalue weighted by atomic mass is 16.8. The van der Waals surface area contributed by atoms with Crippen LogP contribution < -0.4 is 0 Å². The average molecular weight is 133 g/mol. The van der Waals surface area contributed by atoms with E-state index in [2.05, 4.69) is 0 Å². The molecule has 0 aliphatic rings. The standard InChI is InChI=1S/C6H15NO2/c1-5(2)4-6(3)7(8)9/h5-6,8-9H,4H2,1-3H3. The van der Waals surface area contributed by atoms with Crippen molar-refractivity contribution in [2.45, 2.75) is 33.2 Å². The van der Waals surface area contributed by atoms with Crippen LogP contribution in [0.5, 0.6) is 0 Å². The normalized spacial score (nSPS) is 15.0. The Balaban J connectivity index is 3.38. The summed E-state index contributed by atoms with van der Waals surface area (Å²) in [5, 5.41) is 17.2. The van der Waals surface area contributed by atoms with E-state index < -0.39 is 0 Å². The number of hydrogen-bond acceptors (Lipinski definition) is 3. The summed E-state index contributed by atoms with van der Waals surface area (Å²) in [6.07, 6.45) is 0.799. The molecular weight excluding hydrogens is 118 g/mol. The minimum Gasteiger partial charge on any atom is -0.289 e. The molecule has 0 aliphatic carbocycles. The van der Waals surface area contributed by atoms with Crippen LogP contribution in [-0.4, -0.2) is 21.7 Å². The number of rotatable bonds is 3. The molecule has 0 aromatic carbocycles. The molecule has 0 aromatic rings. The summed E-state index contributed by atoms with van der Waals surface area (Å²) in [6, 6.07) is -0.162. The quantitative estimate of drug-likeness (QED) is 0.573. The van der Waals surface area contributed by atoms with E-state index in [1.807, 2.05) is 13.8 Å². The van der Waals surface area contributed by atoms with Gasteiger partial charge in [0, 0.05) is 0 Å². The van der Waals surface area contributed by atoms with Crippen LogP contribution in [0.2, 0.25) is 0 Å². The maximum Gasteiger partial charge on any atom is 0.0598 e. The second-order valence-electron chi connectivity index (χ2n) is 2.80. The van der Waals surface area contributed by atoms with Crippen LogP contribution in [0.15, 0.2) is 0 Å². The topological polar surface area (TPSA) is 43.7 Å². The molecule has 0 rings (SSSR count). The molecule has 0 amide bonds. The SMILES string of the molecule is CC(C)CC(C)N(O)O. The Morgan fingerprint density at radius 1 is 1.22 bits per heavy atom. The fourth-order valence-corrected chi connectivity index (χ4v) is 0.777. The first-order valence-corrected chi connectivity index (χ1v) is 3.21. The third kappa shape index (κ3) is 4.39. The highest BCUT2D eigenvalue weighted by molar-refractivity contribution is 4.55. The van der Waals surface area contributed by atoms with Gasteiger partial charge < -0.3 is 0 Å². The van der Waals surface area contributed by atoms with Gasteiger partial charge in [0.25, 0.3) is 0 Å². The highest BCUT2D eigenvalue weighted by Gasteiger charge is 2.09. The molecule has 0 aliphatic heterocycles. The summed E-state index contributed by atoms with van der Waals surface area (Å²) >= 11 is 0. The molecule has 3 heteroatoms. The lowest BCUT2D eigenvalue weighted by Crippen LogP contribution is -2.27. The van der Waals surface area contributed by atoms with Crippen LogP contribution in [0.25, 0.3) is 0 Å². The van der Waals surface area contributed by atoms with Crippen molar-refractivity contribution in [3.05, 3.63) is 0 Å². The Kier molecular flexibility index (Phi) is 3.77. The predicted molar refractivity (Wildman–Crippen MR) is 34.3 cm³/mol. The van der Waals surface area contributed by atoms with Gasteiger partial charge >= 0.3 is 0 Å². The Morgan fingerprint density at radius 2 is 1.67 bits per heavy atom. The second kappa shape index (κ2) is 3.82. The summed E-state index contributed by atoms with van der Waals surface area (Å²) in [4.78, 5) is 0. The molecule has 0 radical (unpaired) electrons. The molecule has 1 unspecified atom stereocenters. The van der Waals surface area contributed by atoms with Crippen LogP contribution >= 0.6 is 0 Å². The highest BCUT2D eigenvalue weighted by Crippen LogP contribution is 2.06. The largest absolute Gasteiger partial charge is 0.289 e. The van der Waals surface area contributed by atoms with Crippen LogP contribution in [0.1, 0.15) is 27.2 Å². The fourth-order valence-electron chi connectivity index (χ4n) is 0.777. The molecule has 1 atom stereocenters. The third-order valence-electron chi connectivity index (χ3n) is 1.21. The van der Waals surface area contributed by atoms with Crippen molar-refractivity contribution in [1.29, 1.82) is 0 Å². The van der Waals surface area contributed by atoms with Crippen molar-refractivity contribution >= 4 is 0 Å². The van der Waals surface area contributed by atoms with Crippen molar-refractivity contribution in [3.63, 3.8) is 0 Å². The third-order valence-corrected chi connectivity index (χ3v) is 1.21. The van der Waals surface area contributed by atoms with Gasteiger partial charge in [-0.1, -0.05) is 19.1 Å². The minimum atomic E-state index is -0.162. The molecule has 3 nitrogen and oxygen atoms in total. The smallest absolute Gasteiger partial charge is 0.0598 e. The van der Waals surface area contributed by atoms with Crippen molar-refractivity contribution in [2.24, 2.45) is 5.92 Å². The van der Waals surface area contributed by atoms with Gasteiger partial charge in [0.15, 0.2) is 0 Å². The Labute approximate surface area is 55.8 Å². The van der Waals surface area contributed by atoms with E-state index in [0.29, 0.717) is 5.92 Å².